The Bertz CT molecular complexity index is 650. The normalized spacial score (nSPS) is 32.0. The Labute approximate surface area is 120 Å². The van der Waals surface area contributed by atoms with Crippen molar-refractivity contribution in [1.82, 2.24) is 4.98 Å². The van der Waals surface area contributed by atoms with Gasteiger partial charge in [0.25, 0.3) is 0 Å². The molecule has 4 rings (SSSR count). The fraction of sp³-hybridized carbons (Fsp3) is 0.467. The molecule has 2 aromatic rings. The number of carbonyl (C=O) groups is 1. The first kappa shape index (κ1) is 12.3. The Morgan fingerprint density at radius 2 is 2.30 bits per heavy atom. The minimum Gasteiger partial charge on any atom is -0.481 e. The summed E-state index contributed by atoms with van der Waals surface area (Å²) in [6.45, 7) is 0. The molecule has 104 valence electrons. The van der Waals surface area contributed by atoms with Gasteiger partial charge in [-0.15, -0.1) is 11.3 Å². The summed E-state index contributed by atoms with van der Waals surface area (Å²) in [6.07, 6.45) is 2.97. The molecule has 2 aliphatic rings. The number of carboxylic acid groups (broad SMARTS) is 1. The van der Waals surface area contributed by atoms with E-state index in [0.29, 0.717) is 12.8 Å². The number of aliphatic carboxylic acids is 1. The number of carboxylic acids is 1. The third-order valence-electron chi connectivity index (χ3n) is 4.55. The highest BCUT2D eigenvalue weighted by molar-refractivity contribution is 7.18. The Kier molecular flexibility index (Phi) is 2.62. The first-order valence-corrected chi connectivity index (χ1v) is 7.72. The first-order valence-electron chi connectivity index (χ1n) is 6.91. The predicted molar refractivity (Wildman–Crippen MR) is 75.9 cm³/mol. The molecule has 2 bridgehead atoms. The van der Waals surface area contributed by atoms with Gasteiger partial charge in [-0.3, -0.25) is 4.79 Å². The SMILES string of the molecule is O=C(O)C1(Cc2nc3ccccc3s2)CC2CCC1O2. The lowest BCUT2D eigenvalue weighted by Crippen LogP contribution is -2.42. The van der Waals surface area contributed by atoms with Gasteiger partial charge in [0, 0.05) is 6.42 Å². The molecule has 1 aromatic heterocycles. The number of thiazole rings is 1. The largest absolute Gasteiger partial charge is 0.481 e. The molecular weight excluding hydrogens is 274 g/mol. The van der Waals surface area contributed by atoms with E-state index in [1.807, 2.05) is 24.3 Å². The highest BCUT2D eigenvalue weighted by Crippen LogP contribution is 2.50. The van der Waals surface area contributed by atoms with E-state index in [1.165, 1.54) is 0 Å². The van der Waals surface area contributed by atoms with Crippen LogP contribution in [0, 0.1) is 5.41 Å². The fourth-order valence-corrected chi connectivity index (χ4v) is 4.64. The van der Waals surface area contributed by atoms with Gasteiger partial charge >= 0.3 is 5.97 Å². The number of fused-ring (bicyclic) bond motifs is 3. The number of ether oxygens (including phenoxy) is 1. The molecular formula is C15H15NO3S. The molecule has 4 nitrogen and oxygen atoms in total. The van der Waals surface area contributed by atoms with Gasteiger partial charge in [0.2, 0.25) is 0 Å². The molecule has 0 saturated carbocycles. The molecule has 0 radical (unpaired) electrons. The van der Waals surface area contributed by atoms with Crippen molar-refractivity contribution in [3.8, 4) is 0 Å². The van der Waals surface area contributed by atoms with Gasteiger partial charge in [-0.25, -0.2) is 4.98 Å². The van der Waals surface area contributed by atoms with Gasteiger partial charge < -0.3 is 9.84 Å². The van der Waals surface area contributed by atoms with Gasteiger partial charge in [0.1, 0.15) is 5.41 Å². The third kappa shape index (κ3) is 1.70. The summed E-state index contributed by atoms with van der Waals surface area (Å²) in [7, 11) is 0. The molecule has 2 saturated heterocycles. The average Bonchev–Trinajstić information content (AvgIpc) is 3.10. The number of benzene rings is 1. The lowest BCUT2D eigenvalue weighted by Gasteiger charge is -2.29. The lowest BCUT2D eigenvalue weighted by molar-refractivity contribution is -0.152. The molecule has 20 heavy (non-hydrogen) atoms. The number of rotatable bonds is 3. The highest BCUT2D eigenvalue weighted by atomic mass is 32.1. The zero-order valence-corrected chi connectivity index (χ0v) is 11.7. The molecule has 1 N–H and O–H groups in total. The molecule has 0 aliphatic carbocycles. The Morgan fingerprint density at radius 1 is 1.45 bits per heavy atom. The van der Waals surface area contributed by atoms with E-state index in [9.17, 15) is 9.90 Å². The summed E-state index contributed by atoms with van der Waals surface area (Å²) < 4.78 is 6.91. The van der Waals surface area contributed by atoms with Crippen LogP contribution in [0.1, 0.15) is 24.3 Å². The maximum Gasteiger partial charge on any atom is 0.312 e. The summed E-state index contributed by atoms with van der Waals surface area (Å²) in [5.41, 5.74) is 0.189. The third-order valence-corrected chi connectivity index (χ3v) is 5.58. The van der Waals surface area contributed by atoms with Crippen LogP contribution in [0.4, 0.5) is 0 Å². The van der Waals surface area contributed by atoms with Gasteiger partial charge in [0.05, 0.1) is 27.4 Å². The summed E-state index contributed by atoms with van der Waals surface area (Å²) in [5.74, 6) is -0.732. The van der Waals surface area contributed by atoms with Crippen molar-refractivity contribution in [3.05, 3.63) is 29.3 Å². The molecule has 2 fully saturated rings. The minimum absolute atomic E-state index is 0.130. The molecule has 0 amide bonds. The maximum atomic E-state index is 11.8. The van der Waals surface area contributed by atoms with Crippen molar-refractivity contribution < 1.29 is 14.6 Å². The number of hydrogen-bond acceptors (Lipinski definition) is 4. The Balaban J connectivity index is 1.70. The zero-order valence-electron chi connectivity index (χ0n) is 10.9. The average molecular weight is 289 g/mol. The van der Waals surface area contributed by atoms with E-state index in [0.717, 1.165) is 28.1 Å². The summed E-state index contributed by atoms with van der Waals surface area (Å²) in [4.78, 5) is 16.4. The molecule has 2 aliphatic heterocycles. The van der Waals surface area contributed by atoms with Gasteiger partial charge in [-0.05, 0) is 31.4 Å². The van der Waals surface area contributed by atoms with E-state index in [4.69, 9.17) is 4.74 Å². The van der Waals surface area contributed by atoms with Gasteiger partial charge in [0.15, 0.2) is 0 Å². The van der Waals surface area contributed by atoms with E-state index < -0.39 is 11.4 Å². The Morgan fingerprint density at radius 3 is 2.95 bits per heavy atom. The number of nitrogens with zero attached hydrogens (tertiary/aromatic N) is 1. The monoisotopic (exact) mass is 289 g/mol. The van der Waals surface area contributed by atoms with Crippen molar-refractivity contribution in [2.45, 2.75) is 37.9 Å². The molecule has 3 unspecified atom stereocenters. The summed E-state index contributed by atoms with van der Waals surface area (Å²) in [6, 6.07) is 7.94. The van der Waals surface area contributed by atoms with Crippen LogP contribution >= 0.6 is 11.3 Å². The number of aromatic nitrogens is 1. The smallest absolute Gasteiger partial charge is 0.312 e. The predicted octanol–water partition coefficient (Wildman–Crippen LogP) is 2.86. The van der Waals surface area contributed by atoms with Crippen molar-refractivity contribution in [1.29, 1.82) is 0 Å². The van der Waals surface area contributed by atoms with E-state index >= 15 is 0 Å². The van der Waals surface area contributed by atoms with Crippen LogP contribution in [0.5, 0.6) is 0 Å². The molecule has 5 heteroatoms. The summed E-state index contributed by atoms with van der Waals surface area (Å²) >= 11 is 1.60. The van der Waals surface area contributed by atoms with E-state index in [1.54, 1.807) is 11.3 Å². The summed E-state index contributed by atoms with van der Waals surface area (Å²) in [5, 5.41) is 10.6. The van der Waals surface area contributed by atoms with Gasteiger partial charge in [-0.2, -0.15) is 0 Å². The Hall–Kier alpha value is -1.46. The van der Waals surface area contributed by atoms with Crippen LogP contribution in [0.2, 0.25) is 0 Å². The second kappa shape index (κ2) is 4.27. The fourth-order valence-electron chi connectivity index (χ4n) is 3.55. The van der Waals surface area contributed by atoms with Crippen LogP contribution in [0.15, 0.2) is 24.3 Å². The van der Waals surface area contributed by atoms with Crippen LogP contribution in [-0.2, 0) is 16.0 Å². The molecule has 3 atom stereocenters. The first-order chi connectivity index (χ1) is 9.67. The topological polar surface area (TPSA) is 59.4 Å². The maximum absolute atomic E-state index is 11.8. The van der Waals surface area contributed by atoms with Gasteiger partial charge in [-0.1, -0.05) is 12.1 Å². The van der Waals surface area contributed by atoms with Crippen LogP contribution in [-0.4, -0.2) is 28.3 Å². The standard InChI is InChI=1S/C15H15NO3S/c17-14(18)15(7-9-5-6-12(15)19-9)8-13-16-10-3-1-2-4-11(10)20-13/h1-4,9,12H,5-8H2,(H,17,18). The van der Waals surface area contributed by atoms with Crippen molar-refractivity contribution in [2.24, 2.45) is 5.41 Å². The highest BCUT2D eigenvalue weighted by Gasteiger charge is 2.57. The van der Waals surface area contributed by atoms with Crippen LogP contribution in [0.25, 0.3) is 10.2 Å². The zero-order chi connectivity index (χ0) is 13.7. The molecule has 1 aromatic carbocycles. The second-order valence-corrected chi connectivity index (χ2v) is 6.86. The van der Waals surface area contributed by atoms with Crippen molar-refractivity contribution in [3.63, 3.8) is 0 Å². The van der Waals surface area contributed by atoms with Crippen molar-refractivity contribution in [2.75, 3.05) is 0 Å². The number of hydrogen-bond donors (Lipinski definition) is 1. The van der Waals surface area contributed by atoms with Crippen LogP contribution in [0.3, 0.4) is 0 Å². The molecule has 0 spiro atoms. The van der Waals surface area contributed by atoms with E-state index in [2.05, 4.69) is 4.98 Å². The van der Waals surface area contributed by atoms with E-state index in [-0.39, 0.29) is 12.2 Å². The van der Waals surface area contributed by atoms with Crippen LogP contribution < -0.4 is 0 Å². The second-order valence-electron chi connectivity index (χ2n) is 5.74. The lowest BCUT2D eigenvalue weighted by atomic mass is 9.72. The quantitative estimate of drug-likeness (QED) is 0.944. The number of para-hydroxylation sites is 1. The van der Waals surface area contributed by atoms with Crippen molar-refractivity contribution >= 4 is 27.5 Å². The minimum atomic E-state index is -0.767. The molecule has 3 heterocycles.